The first-order valence-electron chi connectivity index (χ1n) is 7.32. The second kappa shape index (κ2) is 6.69. The normalized spacial score (nSPS) is 25.0. The van der Waals surface area contributed by atoms with Crippen LogP contribution < -0.4 is 5.32 Å². The Labute approximate surface area is 131 Å². The molecule has 21 heavy (non-hydrogen) atoms. The standard InChI is InChI=1S/C14H21BrF3N3/c1-3-19-12(13-11(15)8-20-21(13)2)9-4-6-10(7-5-9)14(16,17)18/h8-10,12,19H,3-7H2,1-2H3. The SMILES string of the molecule is CCNC(c1c(Br)cnn1C)C1CCC(C(F)(F)F)CC1. The maximum atomic E-state index is 12.8. The second-order valence-electron chi connectivity index (χ2n) is 5.69. The Morgan fingerprint density at radius 3 is 2.43 bits per heavy atom. The van der Waals surface area contributed by atoms with Crippen LogP contribution in [0.15, 0.2) is 10.7 Å². The molecule has 0 spiro atoms. The predicted molar refractivity (Wildman–Crippen MR) is 78.8 cm³/mol. The molecule has 1 aliphatic rings. The molecule has 0 aromatic carbocycles. The largest absolute Gasteiger partial charge is 0.391 e. The first-order valence-corrected chi connectivity index (χ1v) is 8.11. The van der Waals surface area contributed by atoms with Gasteiger partial charge in [-0.05, 0) is 54.1 Å². The number of hydrogen-bond acceptors (Lipinski definition) is 2. The van der Waals surface area contributed by atoms with Crippen molar-refractivity contribution in [1.29, 1.82) is 0 Å². The summed E-state index contributed by atoms with van der Waals surface area (Å²) in [5.74, 6) is -0.916. The highest BCUT2D eigenvalue weighted by molar-refractivity contribution is 9.10. The van der Waals surface area contributed by atoms with E-state index < -0.39 is 12.1 Å². The zero-order valence-electron chi connectivity index (χ0n) is 12.3. The van der Waals surface area contributed by atoms with Crippen LogP contribution in [0.3, 0.4) is 0 Å². The fraction of sp³-hybridized carbons (Fsp3) is 0.786. The molecule has 1 saturated carbocycles. The summed E-state index contributed by atoms with van der Waals surface area (Å²) in [6.07, 6.45) is -0.664. The molecule has 1 aliphatic carbocycles. The quantitative estimate of drug-likeness (QED) is 0.863. The van der Waals surface area contributed by atoms with Crippen molar-refractivity contribution in [1.82, 2.24) is 15.1 Å². The number of aromatic nitrogens is 2. The Hall–Kier alpha value is -0.560. The minimum Gasteiger partial charge on any atom is -0.309 e. The highest BCUT2D eigenvalue weighted by Crippen LogP contribution is 2.43. The molecule has 0 radical (unpaired) electrons. The number of nitrogens with one attached hydrogen (secondary N) is 1. The van der Waals surface area contributed by atoms with Crippen LogP contribution in [0.4, 0.5) is 13.2 Å². The smallest absolute Gasteiger partial charge is 0.309 e. The third kappa shape index (κ3) is 3.80. The summed E-state index contributed by atoms with van der Waals surface area (Å²) in [7, 11) is 1.87. The minimum absolute atomic E-state index is 0.0473. The fourth-order valence-electron chi connectivity index (χ4n) is 3.26. The van der Waals surface area contributed by atoms with E-state index in [0.29, 0.717) is 12.8 Å². The first kappa shape index (κ1) is 16.8. The van der Waals surface area contributed by atoms with Gasteiger partial charge in [-0.2, -0.15) is 18.3 Å². The molecule has 7 heteroatoms. The van der Waals surface area contributed by atoms with E-state index in [1.54, 1.807) is 10.9 Å². The number of nitrogens with zero attached hydrogens (tertiary/aromatic N) is 2. The molecule has 2 rings (SSSR count). The van der Waals surface area contributed by atoms with Gasteiger partial charge in [-0.3, -0.25) is 4.68 Å². The van der Waals surface area contributed by atoms with Gasteiger partial charge in [0.2, 0.25) is 0 Å². The fourth-order valence-corrected chi connectivity index (χ4v) is 3.85. The molecule has 0 saturated heterocycles. The summed E-state index contributed by atoms with van der Waals surface area (Å²) in [6.45, 7) is 2.79. The summed E-state index contributed by atoms with van der Waals surface area (Å²) in [4.78, 5) is 0. The van der Waals surface area contributed by atoms with E-state index in [0.717, 1.165) is 16.7 Å². The van der Waals surface area contributed by atoms with E-state index in [1.807, 2.05) is 14.0 Å². The average molecular weight is 368 g/mol. The highest BCUT2D eigenvalue weighted by atomic mass is 79.9. The van der Waals surface area contributed by atoms with Gasteiger partial charge in [-0.15, -0.1) is 0 Å². The van der Waals surface area contributed by atoms with Gasteiger partial charge in [-0.25, -0.2) is 0 Å². The lowest BCUT2D eigenvalue weighted by molar-refractivity contribution is -0.184. The van der Waals surface area contributed by atoms with Gasteiger partial charge in [0.15, 0.2) is 0 Å². The van der Waals surface area contributed by atoms with Gasteiger partial charge in [0.1, 0.15) is 0 Å². The zero-order chi connectivity index (χ0) is 15.6. The van der Waals surface area contributed by atoms with Crippen LogP contribution in [-0.2, 0) is 7.05 Å². The Morgan fingerprint density at radius 2 is 2.00 bits per heavy atom. The van der Waals surface area contributed by atoms with Gasteiger partial charge in [0.05, 0.1) is 28.3 Å². The van der Waals surface area contributed by atoms with Crippen LogP contribution in [0.5, 0.6) is 0 Å². The lowest BCUT2D eigenvalue weighted by atomic mass is 9.77. The zero-order valence-corrected chi connectivity index (χ0v) is 13.8. The van der Waals surface area contributed by atoms with E-state index in [-0.39, 0.29) is 24.8 Å². The number of aryl methyl sites for hydroxylation is 1. The van der Waals surface area contributed by atoms with Gasteiger partial charge >= 0.3 is 6.18 Å². The average Bonchev–Trinajstić information content (AvgIpc) is 2.75. The van der Waals surface area contributed by atoms with E-state index in [1.165, 1.54) is 0 Å². The van der Waals surface area contributed by atoms with Crippen LogP contribution >= 0.6 is 15.9 Å². The molecule has 1 heterocycles. The highest BCUT2D eigenvalue weighted by Gasteiger charge is 2.43. The molecule has 1 N–H and O–H groups in total. The maximum absolute atomic E-state index is 12.8. The monoisotopic (exact) mass is 367 g/mol. The summed E-state index contributed by atoms with van der Waals surface area (Å²) < 4.78 is 41.1. The van der Waals surface area contributed by atoms with Crippen molar-refractivity contribution in [3.8, 4) is 0 Å². The van der Waals surface area contributed by atoms with Crippen molar-refractivity contribution in [3.63, 3.8) is 0 Å². The topological polar surface area (TPSA) is 29.9 Å². The third-order valence-electron chi connectivity index (χ3n) is 4.36. The number of rotatable bonds is 4. The maximum Gasteiger partial charge on any atom is 0.391 e. The molecule has 3 nitrogen and oxygen atoms in total. The summed E-state index contributed by atoms with van der Waals surface area (Å²) in [5, 5.41) is 7.64. The first-order chi connectivity index (χ1) is 9.84. The molecular formula is C14H21BrF3N3. The molecule has 1 unspecified atom stereocenters. The number of hydrogen-bond donors (Lipinski definition) is 1. The van der Waals surface area contributed by atoms with Crippen LogP contribution in [0.25, 0.3) is 0 Å². The second-order valence-corrected chi connectivity index (χ2v) is 6.54. The van der Waals surface area contributed by atoms with Gasteiger partial charge in [-0.1, -0.05) is 6.92 Å². The van der Waals surface area contributed by atoms with E-state index >= 15 is 0 Å². The number of halogens is 4. The van der Waals surface area contributed by atoms with Crippen molar-refractivity contribution in [3.05, 3.63) is 16.4 Å². The van der Waals surface area contributed by atoms with Gasteiger partial charge < -0.3 is 5.32 Å². The molecule has 1 aromatic rings. The van der Waals surface area contributed by atoms with Crippen LogP contribution in [-0.4, -0.2) is 22.5 Å². The van der Waals surface area contributed by atoms with Crippen molar-refractivity contribution in [2.24, 2.45) is 18.9 Å². The van der Waals surface area contributed by atoms with Crippen molar-refractivity contribution < 1.29 is 13.2 Å². The molecule has 1 aromatic heterocycles. The lowest BCUT2D eigenvalue weighted by Gasteiger charge is -2.35. The predicted octanol–water partition coefficient (Wildman–Crippen LogP) is 4.20. The number of alkyl halides is 3. The molecule has 1 atom stereocenters. The van der Waals surface area contributed by atoms with E-state index in [9.17, 15) is 13.2 Å². The Bertz CT molecular complexity index is 445. The van der Waals surface area contributed by atoms with Crippen LogP contribution in [0.2, 0.25) is 0 Å². The Kier molecular flexibility index (Phi) is 5.35. The lowest BCUT2D eigenvalue weighted by Crippen LogP contribution is -2.35. The molecule has 0 amide bonds. The van der Waals surface area contributed by atoms with E-state index in [4.69, 9.17) is 0 Å². The van der Waals surface area contributed by atoms with Crippen molar-refractivity contribution in [2.75, 3.05) is 6.54 Å². The summed E-state index contributed by atoms with van der Waals surface area (Å²) >= 11 is 3.49. The van der Waals surface area contributed by atoms with Crippen molar-refractivity contribution >= 4 is 15.9 Å². The van der Waals surface area contributed by atoms with Gasteiger partial charge in [0, 0.05) is 7.05 Å². The molecule has 1 fully saturated rings. The summed E-state index contributed by atoms with van der Waals surface area (Å²) in [6, 6.07) is 0.0473. The van der Waals surface area contributed by atoms with Crippen LogP contribution in [0, 0.1) is 11.8 Å². The van der Waals surface area contributed by atoms with Gasteiger partial charge in [0.25, 0.3) is 0 Å². The summed E-state index contributed by atoms with van der Waals surface area (Å²) in [5.41, 5.74) is 1.02. The molecule has 120 valence electrons. The third-order valence-corrected chi connectivity index (χ3v) is 4.97. The minimum atomic E-state index is -4.05. The Balaban J connectivity index is 2.11. The van der Waals surface area contributed by atoms with E-state index in [2.05, 4.69) is 26.3 Å². The molecule has 0 bridgehead atoms. The van der Waals surface area contributed by atoms with Crippen LogP contribution in [0.1, 0.15) is 44.3 Å². The Morgan fingerprint density at radius 1 is 1.38 bits per heavy atom. The molecule has 0 aliphatic heterocycles. The van der Waals surface area contributed by atoms with Crippen molar-refractivity contribution in [2.45, 2.75) is 44.8 Å². The molecular weight excluding hydrogens is 347 g/mol.